The number of aromatic nitrogens is 1. The zero-order valence-electron chi connectivity index (χ0n) is 10.2. The van der Waals surface area contributed by atoms with Gasteiger partial charge in [-0.15, -0.1) is 0 Å². The largest absolute Gasteiger partial charge is 0.389 e. The van der Waals surface area contributed by atoms with Gasteiger partial charge >= 0.3 is 0 Å². The first kappa shape index (κ1) is 11.4. The van der Waals surface area contributed by atoms with Gasteiger partial charge in [0, 0.05) is 24.8 Å². The standard InChI is InChI=1S/C13H20N2O/c1-9(11-6-7-11)15(3)13-12(10(2)16)5-4-8-14-13/h4-5,8-11,16H,6-7H2,1-3H3/t9?,10-/m1/s1. The Labute approximate surface area is 97.1 Å². The monoisotopic (exact) mass is 220 g/mol. The highest BCUT2D eigenvalue weighted by molar-refractivity contribution is 5.48. The molecule has 2 atom stereocenters. The summed E-state index contributed by atoms with van der Waals surface area (Å²) in [4.78, 5) is 6.59. The molecule has 1 heterocycles. The number of anilines is 1. The maximum absolute atomic E-state index is 9.72. The zero-order valence-corrected chi connectivity index (χ0v) is 10.2. The van der Waals surface area contributed by atoms with E-state index in [1.54, 1.807) is 13.1 Å². The van der Waals surface area contributed by atoms with E-state index in [1.165, 1.54) is 12.8 Å². The lowest BCUT2D eigenvalue weighted by Crippen LogP contribution is -2.32. The van der Waals surface area contributed by atoms with Crippen LogP contribution < -0.4 is 4.90 Å². The molecular formula is C13H20N2O. The minimum absolute atomic E-state index is 0.461. The highest BCUT2D eigenvalue weighted by atomic mass is 16.3. The van der Waals surface area contributed by atoms with Crippen LogP contribution in [0.2, 0.25) is 0 Å². The Morgan fingerprint density at radius 2 is 2.12 bits per heavy atom. The quantitative estimate of drug-likeness (QED) is 0.846. The van der Waals surface area contributed by atoms with Gasteiger partial charge in [-0.3, -0.25) is 0 Å². The van der Waals surface area contributed by atoms with E-state index in [1.807, 2.05) is 12.1 Å². The van der Waals surface area contributed by atoms with Crippen molar-refractivity contribution in [3.63, 3.8) is 0 Å². The molecule has 0 aromatic carbocycles. The molecule has 1 aromatic rings. The molecule has 88 valence electrons. The Balaban J connectivity index is 2.24. The first-order valence-corrected chi connectivity index (χ1v) is 5.97. The van der Waals surface area contributed by atoms with Crippen molar-refractivity contribution in [2.45, 2.75) is 38.8 Å². The van der Waals surface area contributed by atoms with Crippen molar-refractivity contribution in [2.75, 3.05) is 11.9 Å². The van der Waals surface area contributed by atoms with Gasteiger partial charge in [0.2, 0.25) is 0 Å². The summed E-state index contributed by atoms with van der Waals surface area (Å²) in [5.41, 5.74) is 0.914. The van der Waals surface area contributed by atoms with Crippen molar-refractivity contribution in [3.05, 3.63) is 23.9 Å². The summed E-state index contributed by atoms with van der Waals surface area (Å²) in [5, 5.41) is 9.72. The Kier molecular flexibility index (Phi) is 3.15. The number of rotatable bonds is 4. The average Bonchev–Trinajstić information content (AvgIpc) is 3.11. The van der Waals surface area contributed by atoms with E-state index >= 15 is 0 Å². The summed E-state index contributed by atoms with van der Waals surface area (Å²) in [6.45, 7) is 4.02. The third-order valence-electron chi connectivity index (χ3n) is 3.52. The SMILES string of the molecule is CC(C1CC1)N(C)c1ncccc1[C@@H](C)O. The molecule has 1 saturated carbocycles. The molecule has 0 saturated heterocycles. The molecule has 3 heteroatoms. The Morgan fingerprint density at radius 3 is 2.69 bits per heavy atom. The van der Waals surface area contributed by atoms with Crippen LogP contribution in [0.25, 0.3) is 0 Å². The van der Waals surface area contributed by atoms with E-state index in [9.17, 15) is 5.11 Å². The molecule has 3 nitrogen and oxygen atoms in total. The van der Waals surface area contributed by atoms with E-state index in [-0.39, 0.29) is 0 Å². The molecule has 0 spiro atoms. The van der Waals surface area contributed by atoms with E-state index in [0.717, 1.165) is 17.3 Å². The molecule has 1 N–H and O–H groups in total. The van der Waals surface area contributed by atoms with Crippen molar-refractivity contribution in [2.24, 2.45) is 5.92 Å². The smallest absolute Gasteiger partial charge is 0.134 e. The Hall–Kier alpha value is -1.09. The summed E-state index contributed by atoms with van der Waals surface area (Å²) in [6, 6.07) is 4.33. The van der Waals surface area contributed by atoms with Gasteiger partial charge in [0.25, 0.3) is 0 Å². The van der Waals surface area contributed by atoms with Crippen LogP contribution in [-0.2, 0) is 0 Å². The predicted octanol–water partition coefficient (Wildman–Crippen LogP) is 2.37. The summed E-state index contributed by atoms with van der Waals surface area (Å²) in [6.07, 6.45) is 3.97. The minimum atomic E-state index is -0.461. The first-order valence-electron chi connectivity index (χ1n) is 5.97. The molecule has 1 aromatic heterocycles. The molecule has 0 amide bonds. The second-order valence-electron chi connectivity index (χ2n) is 4.78. The van der Waals surface area contributed by atoms with Gasteiger partial charge in [0.15, 0.2) is 0 Å². The second kappa shape index (κ2) is 4.42. The molecule has 0 radical (unpaired) electrons. The number of hydrogen-bond donors (Lipinski definition) is 1. The lowest BCUT2D eigenvalue weighted by atomic mass is 10.1. The molecule has 1 aliphatic rings. The number of nitrogens with zero attached hydrogens (tertiary/aromatic N) is 2. The third-order valence-corrected chi connectivity index (χ3v) is 3.52. The molecule has 0 bridgehead atoms. The topological polar surface area (TPSA) is 36.4 Å². The fraction of sp³-hybridized carbons (Fsp3) is 0.615. The van der Waals surface area contributed by atoms with E-state index < -0.39 is 6.10 Å². The fourth-order valence-corrected chi connectivity index (χ4v) is 2.12. The predicted molar refractivity (Wildman–Crippen MR) is 65.5 cm³/mol. The first-order chi connectivity index (χ1) is 7.61. The van der Waals surface area contributed by atoms with Crippen molar-refractivity contribution < 1.29 is 5.11 Å². The van der Waals surface area contributed by atoms with E-state index in [4.69, 9.17) is 0 Å². The summed E-state index contributed by atoms with van der Waals surface area (Å²) < 4.78 is 0. The lowest BCUT2D eigenvalue weighted by molar-refractivity contribution is 0.199. The van der Waals surface area contributed by atoms with Gasteiger partial charge in [-0.05, 0) is 38.7 Å². The number of aliphatic hydroxyl groups is 1. The van der Waals surface area contributed by atoms with Crippen molar-refractivity contribution in [1.29, 1.82) is 0 Å². The second-order valence-corrected chi connectivity index (χ2v) is 4.78. The van der Waals surface area contributed by atoms with Crippen LogP contribution in [0.5, 0.6) is 0 Å². The van der Waals surface area contributed by atoms with Gasteiger partial charge in [0.05, 0.1) is 6.10 Å². The number of hydrogen-bond acceptors (Lipinski definition) is 3. The molecule has 2 rings (SSSR count). The van der Waals surface area contributed by atoms with Gasteiger partial charge in [-0.1, -0.05) is 6.07 Å². The van der Waals surface area contributed by atoms with Crippen molar-refractivity contribution in [1.82, 2.24) is 4.98 Å². The molecule has 1 unspecified atom stereocenters. The van der Waals surface area contributed by atoms with Gasteiger partial charge in [-0.25, -0.2) is 4.98 Å². The highest BCUT2D eigenvalue weighted by Gasteiger charge is 2.31. The maximum Gasteiger partial charge on any atom is 0.134 e. The Morgan fingerprint density at radius 1 is 1.44 bits per heavy atom. The molecule has 16 heavy (non-hydrogen) atoms. The fourth-order valence-electron chi connectivity index (χ4n) is 2.12. The average molecular weight is 220 g/mol. The van der Waals surface area contributed by atoms with Crippen LogP contribution in [0.15, 0.2) is 18.3 Å². The van der Waals surface area contributed by atoms with Crippen LogP contribution >= 0.6 is 0 Å². The lowest BCUT2D eigenvalue weighted by Gasteiger charge is -2.28. The van der Waals surface area contributed by atoms with E-state index in [0.29, 0.717) is 6.04 Å². The van der Waals surface area contributed by atoms with Crippen LogP contribution in [0.3, 0.4) is 0 Å². The van der Waals surface area contributed by atoms with Crippen LogP contribution in [0.1, 0.15) is 38.4 Å². The Bertz CT molecular complexity index is 361. The zero-order chi connectivity index (χ0) is 11.7. The van der Waals surface area contributed by atoms with Crippen molar-refractivity contribution in [3.8, 4) is 0 Å². The number of pyridine rings is 1. The van der Waals surface area contributed by atoms with E-state index in [2.05, 4.69) is 23.9 Å². The maximum atomic E-state index is 9.72. The highest BCUT2D eigenvalue weighted by Crippen LogP contribution is 2.37. The third kappa shape index (κ3) is 2.19. The minimum Gasteiger partial charge on any atom is -0.389 e. The number of aliphatic hydroxyl groups excluding tert-OH is 1. The van der Waals surface area contributed by atoms with Gasteiger partial charge < -0.3 is 10.0 Å². The van der Waals surface area contributed by atoms with Crippen LogP contribution in [0, 0.1) is 5.92 Å². The molecule has 1 fully saturated rings. The van der Waals surface area contributed by atoms with Gasteiger partial charge in [-0.2, -0.15) is 0 Å². The molecular weight excluding hydrogens is 200 g/mol. The molecule has 1 aliphatic carbocycles. The summed E-state index contributed by atoms with van der Waals surface area (Å²) in [7, 11) is 2.07. The normalized spacial score (nSPS) is 19.2. The van der Waals surface area contributed by atoms with Crippen LogP contribution in [-0.4, -0.2) is 23.2 Å². The van der Waals surface area contributed by atoms with Crippen LogP contribution in [0.4, 0.5) is 5.82 Å². The molecule has 0 aliphatic heterocycles. The summed E-state index contributed by atoms with van der Waals surface area (Å²) >= 11 is 0. The van der Waals surface area contributed by atoms with Gasteiger partial charge in [0.1, 0.15) is 5.82 Å². The summed E-state index contributed by atoms with van der Waals surface area (Å²) in [5.74, 6) is 1.71. The van der Waals surface area contributed by atoms with Crippen molar-refractivity contribution >= 4 is 5.82 Å².